The van der Waals surface area contributed by atoms with Crippen LogP contribution in [0, 0.1) is 0 Å². The lowest BCUT2D eigenvalue weighted by Crippen LogP contribution is -2.26. The molecule has 0 fully saturated rings. The molecular formula is C24H31N5O4. The van der Waals surface area contributed by atoms with Gasteiger partial charge in [-0.25, -0.2) is 0 Å². The van der Waals surface area contributed by atoms with Gasteiger partial charge in [-0.2, -0.15) is 10.1 Å². The van der Waals surface area contributed by atoms with E-state index in [4.69, 9.17) is 14.4 Å². The molecule has 3 rings (SSSR count). The lowest BCUT2D eigenvalue weighted by Gasteiger charge is -2.05. The van der Waals surface area contributed by atoms with Crippen molar-refractivity contribution in [3.05, 3.63) is 41.1 Å². The van der Waals surface area contributed by atoms with Crippen molar-refractivity contribution in [3.63, 3.8) is 0 Å². The predicted octanol–water partition coefficient (Wildman–Crippen LogP) is 3.82. The van der Waals surface area contributed by atoms with Crippen LogP contribution in [0.2, 0.25) is 0 Å². The smallest absolute Gasteiger partial charge is 0.307 e. The largest absolute Gasteiger partial charge is 0.466 e. The summed E-state index contributed by atoms with van der Waals surface area (Å²) < 4.78 is 12.4. The SMILES string of the molecule is CCCc1c(-c2nc(-c3ccc(C(=O)NCCC(=O)OCC)cc3)no2)nn(CC)c1CC. The van der Waals surface area contributed by atoms with Crippen LogP contribution in [0.4, 0.5) is 0 Å². The number of nitrogens with one attached hydrogen (secondary N) is 1. The minimum Gasteiger partial charge on any atom is -0.466 e. The first-order valence-corrected chi connectivity index (χ1v) is 11.5. The molecule has 9 nitrogen and oxygen atoms in total. The van der Waals surface area contributed by atoms with E-state index in [1.54, 1.807) is 31.2 Å². The van der Waals surface area contributed by atoms with Gasteiger partial charge in [-0.05, 0) is 38.8 Å². The Kier molecular flexibility index (Phi) is 8.34. The van der Waals surface area contributed by atoms with E-state index < -0.39 is 0 Å². The van der Waals surface area contributed by atoms with Crippen LogP contribution in [0.5, 0.6) is 0 Å². The molecule has 1 N–H and O–H groups in total. The van der Waals surface area contributed by atoms with E-state index in [2.05, 4.69) is 36.2 Å². The van der Waals surface area contributed by atoms with Crippen LogP contribution >= 0.6 is 0 Å². The zero-order valence-electron chi connectivity index (χ0n) is 19.7. The number of carbonyl (C=O) groups excluding carboxylic acids is 2. The number of hydrogen-bond acceptors (Lipinski definition) is 7. The van der Waals surface area contributed by atoms with Crippen LogP contribution in [-0.2, 0) is 28.9 Å². The van der Waals surface area contributed by atoms with Crippen LogP contribution in [0.25, 0.3) is 23.0 Å². The van der Waals surface area contributed by atoms with Crippen LogP contribution in [0.15, 0.2) is 28.8 Å². The molecule has 176 valence electrons. The third-order valence-corrected chi connectivity index (χ3v) is 5.25. The Bertz CT molecular complexity index is 1080. The number of aromatic nitrogens is 4. The standard InChI is InChI=1S/C24H31N5O4/c1-5-9-18-19(6-2)29(7-3)27-21(18)24-26-22(28-33-24)16-10-12-17(13-11-16)23(31)25-15-14-20(30)32-8-4/h10-13H,5-9,14-15H2,1-4H3,(H,25,31). The number of hydrogen-bond donors (Lipinski definition) is 1. The number of rotatable bonds is 11. The molecule has 33 heavy (non-hydrogen) atoms. The Balaban J connectivity index is 1.73. The summed E-state index contributed by atoms with van der Waals surface area (Å²) in [5.41, 5.74) is 4.31. The first-order valence-electron chi connectivity index (χ1n) is 11.5. The minimum atomic E-state index is -0.335. The van der Waals surface area contributed by atoms with Gasteiger partial charge in [0, 0.05) is 35.5 Å². The number of carbonyl (C=O) groups is 2. The molecule has 0 unspecified atom stereocenters. The Morgan fingerprint density at radius 2 is 1.88 bits per heavy atom. The summed E-state index contributed by atoms with van der Waals surface area (Å²) in [5.74, 6) is 0.237. The summed E-state index contributed by atoms with van der Waals surface area (Å²) in [4.78, 5) is 28.2. The first-order chi connectivity index (χ1) is 16.0. The van der Waals surface area contributed by atoms with Crippen molar-refractivity contribution >= 4 is 11.9 Å². The van der Waals surface area contributed by atoms with E-state index in [0.717, 1.165) is 42.6 Å². The summed E-state index contributed by atoms with van der Waals surface area (Å²) in [6.45, 7) is 9.41. The molecule has 0 aliphatic carbocycles. The maximum Gasteiger partial charge on any atom is 0.307 e. The second kappa shape index (κ2) is 11.4. The zero-order chi connectivity index (χ0) is 23.8. The highest BCUT2D eigenvalue weighted by molar-refractivity contribution is 5.94. The molecule has 0 saturated heterocycles. The molecule has 0 spiro atoms. The van der Waals surface area contributed by atoms with Crippen molar-refractivity contribution in [2.24, 2.45) is 0 Å². The minimum absolute atomic E-state index is 0.136. The zero-order valence-corrected chi connectivity index (χ0v) is 19.7. The van der Waals surface area contributed by atoms with Crippen molar-refractivity contribution in [3.8, 4) is 23.0 Å². The molecular weight excluding hydrogens is 422 g/mol. The molecule has 0 radical (unpaired) electrons. The molecule has 0 bridgehead atoms. The van der Waals surface area contributed by atoms with Gasteiger partial charge in [-0.15, -0.1) is 0 Å². The summed E-state index contributed by atoms with van der Waals surface area (Å²) >= 11 is 0. The van der Waals surface area contributed by atoms with Crippen LogP contribution < -0.4 is 5.32 Å². The van der Waals surface area contributed by atoms with E-state index in [-0.39, 0.29) is 24.8 Å². The molecule has 1 aromatic carbocycles. The molecule has 9 heteroatoms. The van der Waals surface area contributed by atoms with E-state index in [9.17, 15) is 9.59 Å². The molecule has 0 saturated carbocycles. The quantitative estimate of drug-likeness (QED) is 0.439. The van der Waals surface area contributed by atoms with Crippen LogP contribution in [0.3, 0.4) is 0 Å². The van der Waals surface area contributed by atoms with Gasteiger partial charge in [0.2, 0.25) is 5.82 Å². The molecule has 3 aromatic rings. The van der Waals surface area contributed by atoms with E-state index in [0.29, 0.717) is 23.9 Å². The van der Waals surface area contributed by atoms with E-state index in [1.165, 1.54) is 5.69 Å². The molecule has 0 aliphatic heterocycles. The number of esters is 1. The monoisotopic (exact) mass is 453 g/mol. The predicted molar refractivity (Wildman–Crippen MR) is 124 cm³/mol. The van der Waals surface area contributed by atoms with Gasteiger partial charge >= 0.3 is 5.97 Å². The average Bonchev–Trinajstić information content (AvgIpc) is 3.44. The number of benzene rings is 1. The highest BCUT2D eigenvalue weighted by atomic mass is 16.5. The Morgan fingerprint density at radius 3 is 2.52 bits per heavy atom. The van der Waals surface area contributed by atoms with Gasteiger partial charge in [-0.1, -0.05) is 37.6 Å². The Hall–Kier alpha value is -3.49. The highest BCUT2D eigenvalue weighted by Gasteiger charge is 2.22. The third-order valence-electron chi connectivity index (χ3n) is 5.25. The summed E-state index contributed by atoms with van der Waals surface area (Å²) in [6.07, 6.45) is 2.92. The summed E-state index contributed by atoms with van der Waals surface area (Å²) in [6, 6.07) is 6.91. The van der Waals surface area contributed by atoms with E-state index in [1.807, 2.05) is 4.68 Å². The summed E-state index contributed by atoms with van der Waals surface area (Å²) in [7, 11) is 0. The van der Waals surface area contributed by atoms with Gasteiger partial charge in [-0.3, -0.25) is 14.3 Å². The fourth-order valence-electron chi connectivity index (χ4n) is 3.70. The third kappa shape index (κ3) is 5.66. The number of amides is 1. The van der Waals surface area contributed by atoms with Gasteiger partial charge in [0.15, 0.2) is 5.69 Å². The van der Waals surface area contributed by atoms with Crippen molar-refractivity contribution in [1.82, 2.24) is 25.2 Å². The normalized spacial score (nSPS) is 10.9. The van der Waals surface area contributed by atoms with Crippen molar-refractivity contribution in [2.75, 3.05) is 13.2 Å². The highest BCUT2D eigenvalue weighted by Crippen LogP contribution is 2.28. The van der Waals surface area contributed by atoms with Gasteiger partial charge in [0.25, 0.3) is 11.8 Å². The van der Waals surface area contributed by atoms with E-state index >= 15 is 0 Å². The van der Waals surface area contributed by atoms with Crippen molar-refractivity contribution in [2.45, 2.75) is 59.9 Å². The van der Waals surface area contributed by atoms with Crippen LogP contribution in [-0.4, -0.2) is 44.9 Å². The first kappa shape index (κ1) is 24.2. The molecule has 1 amide bonds. The fourth-order valence-corrected chi connectivity index (χ4v) is 3.70. The average molecular weight is 454 g/mol. The van der Waals surface area contributed by atoms with Crippen molar-refractivity contribution in [1.29, 1.82) is 0 Å². The second-order valence-electron chi connectivity index (χ2n) is 7.50. The topological polar surface area (TPSA) is 112 Å². The van der Waals surface area contributed by atoms with Gasteiger partial charge in [0.05, 0.1) is 13.0 Å². The van der Waals surface area contributed by atoms with Crippen LogP contribution in [0.1, 0.15) is 62.2 Å². The van der Waals surface area contributed by atoms with Crippen molar-refractivity contribution < 1.29 is 18.8 Å². The number of aryl methyl sites for hydroxylation is 1. The molecule has 0 aliphatic rings. The number of nitrogens with zero attached hydrogens (tertiary/aromatic N) is 4. The van der Waals surface area contributed by atoms with Gasteiger partial charge in [0.1, 0.15) is 0 Å². The maximum absolute atomic E-state index is 12.3. The molecule has 0 atom stereocenters. The Morgan fingerprint density at radius 1 is 1.12 bits per heavy atom. The second-order valence-corrected chi connectivity index (χ2v) is 7.50. The lowest BCUT2D eigenvalue weighted by molar-refractivity contribution is -0.142. The fraction of sp³-hybridized carbons (Fsp3) is 0.458. The maximum atomic E-state index is 12.3. The molecule has 2 heterocycles. The van der Waals surface area contributed by atoms with Gasteiger partial charge < -0.3 is 14.6 Å². The molecule has 2 aromatic heterocycles. The lowest BCUT2D eigenvalue weighted by atomic mass is 10.1. The summed E-state index contributed by atoms with van der Waals surface area (Å²) in [5, 5.41) is 11.6. The number of ether oxygens (including phenoxy) is 1. The Labute approximate surface area is 193 Å².